The lowest BCUT2D eigenvalue weighted by atomic mass is 9.97. The van der Waals surface area contributed by atoms with Crippen LogP contribution in [-0.2, 0) is 10.0 Å². The average molecular weight is 272 g/mol. The molecule has 0 amide bonds. The average Bonchev–Trinajstić information content (AvgIpc) is 2.29. The fourth-order valence-electron chi connectivity index (χ4n) is 1.58. The maximum atomic E-state index is 12.2. The second-order valence-corrected chi connectivity index (χ2v) is 6.24. The van der Waals surface area contributed by atoms with Gasteiger partial charge in [0, 0.05) is 17.8 Å². The van der Waals surface area contributed by atoms with E-state index in [1.807, 2.05) is 6.92 Å². The Morgan fingerprint density at radius 2 is 1.89 bits per heavy atom. The van der Waals surface area contributed by atoms with Crippen molar-refractivity contribution < 1.29 is 13.5 Å². The number of rotatable bonds is 6. The summed E-state index contributed by atoms with van der Waals surface area (Å²) in [4.78, 5) is 0.175. The number of hydrogen-bond acceptors (Lipinski definition) is 4. The Bertz CT molecular complexity index is 485. The minimum absolute atomic E-state index is 0.0609. The van der Waals surface area contributed by atoms with Crippen LogP contribution in [0.2, 0.25) is 0 Å². The van der Waals surface area contributed by atoms with Crippen molar-refractivity contribution in [3.63, 3.8) is 0 Å². The maximum Gasteiger partial charge on any atom is 0.241 e. The molecule has 1 atom stereocenters. The van der Waals surface area contributed by atoms with E-state index in [1.54, 1.807) is 19.1 Å². The van der Waals surface area contributed by atoms with Crippen molar-refractivity contribution in [3.8, 4) is 0 Å². The molecule has 0 aromatic heterocycles. The lowest BCUT2D eigenvalue weighted by Crippen LogP contribution is -2.46. The Kier molecular flexibility index (Phi) is 4.72. The number of benzene rings is 1. The van der Waals surface area contributed by atoms with Crippen LogP contribution in [0.4, 0.5) is 5.69 Å². The van der Waals surface area contributed by atoms with E-state index in [2.05, 4.69) is 4.72 Å². The van der Waals surface area contributed by atoms with Crippen LogP contribution < -0.4 is 10.5 Å². The SMILES string of the molecule is CCC(C)(CCO)NS(=O)(=O)c1ccc(N)cc1. The van der Waals surface area contributed by atoms with Crippen molar-refractivity contribution in [1.82, 2.24) is 4.72 Å². The molecule has 4 N–H and O–H groups in total. The van der Waals surface area contributed by atoms with E-state index in [0.29, 0.717) is 18.5 Å². The molecule has 0 radical (unpaired) electrons. The van der Waals surface area contributed by atoms with E-state index in [0.717, 1.165) is 0 Å². The first-order chi connectivity index (χ1) is 8.33. The summed E-state index contributed by atoms with van der Waals surface area (Å²) in [5.74, 6) is 0. The van der Waals surface area contributed by atoms with Crippen LogP contribution in [0.25, 0.3) is 0 Å². The van der Waals surface area contributed by atoms with E-state index in [9.17, 15) is 8.42 Å². The van der Waals surface area contributed by atoms with Gasteiger partial charge in [-0.15, -0.1) is 0 Å². The fourth-order valence-corrected chi connectivity index (χ4v) is 3.08. The third kappa shape index (κ3) is 3.69. The molecule has 0 aliphatic rings. The van der Waals surface area contributed by atoms with Gasteiger partial charge in [-0.25, -0.2) is 13.1 Å². The highest BCUT2D eigenvalue weighted by Crippen LogP contribution is 2.19. The summed E-state index contributed by atoms with van der Waals surface area (Å²) >= 11 is 0. The largest absolute Gasteiger partial charge is 0.399 e. The number of nitrogen functional groups attached to an aromatic ring is 1. The van der Waals surface area contributed by atoms with Gasteiger partial charge in [0.25, 0.3) is 0 Å². The number of nitrogens with two attached hydrogens (primary N) is 1. The topological polar surface area (TPSA) is 92.4 Å². The zero-order valence-corrected chi connectivity index (χ0v) is 11.5. The van der Waals surface area contributed by atoms with Gasteiger partial charge in [-0.05, 0) is 44.0 Å². The second kappa shape index (κ2) is 5.69. The molecule has 0 fully saturated rings. The molecule has 1 aromatic carbocycles. The first kappa shape index (κ1) is 14.9. The molecule has 0 saturated heterocycles. The zero-order chi connectivity index (χ0) is 13.8. The minimum atomic E-state index is -3.59. The van der Waals surface area contributed by atoms with Crippen molar-refractivity contribution in [3.05, 3.63) is 24.3 Å². The molecule has 1 aromatic rings. The number of aliphatic hydroxyl groups excluding tert-OH is 1. The Hall–Kier alpha value is -1.11. The van der Waals surface area contributed by atoms with Crippen LogP contribution in [0.1, 0.15) is 26.7 Å². The van der Waals surface area contributed by atoms with Crippen molar-refractivity contribution >= 4 is 15.7 Å². The molecule has 18 heavy (non-hydrogen) atoms. The number of hydrogen-bond donors (Lipinski definition) is 3. The lowest BCUT2D eigenvalue weighted by molar-refractivity contribution is 0.233. The van der Waals surface area contributed by atoms with Gasteiger partial charge < -0.3 is 10.8 Å². The summed E-state index contributed by atoms with van der Waals surface area (Å²) in [5, 5.41) is 8.99. The van der Waals surface area contributed by atoms with Crippen LogP contribution in [0.15, 0.2) is 29.2 Å². The molecule has 0 bridgehead atoms. The van der Waals surface area contributed by atoms with E-state index < -0.39 is 15.6 Å². The van der Waals surface area contributed by atoms with Crippen LogP contribution in [0.5, 0.6) is 0 Å². The summed E-state index contributed by atoms with van der Waals surface area (Å²) in [6, 6.07) is 6.02. The number of anilines is 1. The number of nitrogens with one attached hydrogen (secondary N) is 1. The van der Waals surface area contributed by atoms with E-state index in [1.165, 1.54) is 12.1 Å². The highest BCUT2D eigenvalue weighted by Gasteiger charge is 2.28. The molecule has 6 heteroatoms. The minimum Gasteiger partial charge on any atom is -0.399 e. The normalized spacial score (nSPS) is 15.3. The molecule has 0 aliphatic heterocycles. The molecule has 0 heterocycles. The predicted molar refractivity (Wildman–Crippen MR) is 71.6 cm³/mol. The van der Waals surface area contributed by atoms with Crippen LogP contribution >= 0.6 is 0 Å². The highest BCUT2D eigenvalue weighted by molar-refractivity contribution is 7.89. The quantitative estimate of drug-likeness (QED) is 0.676. The lowest BCUT2D eigenvalue weighted by Gasteiger charge is -2.28. The van der Waals surface area contributed by atoms with Gasteiger partial charge in [-0.3, -0.25) is 0 Å². The Morgan fingerprint density at radius 3 is 2.33 bits per heavy atom. The van der Waals surface area contributed by atoms with Crippen LogP contribution in [0, 0.1) is 0 Å². The predicted octanol–water partition coefficient (Wildman–Crippen LogP) is 1.10. The monoisotopic (exact) mass is 272 g/mol. The first-order valence-electron chi connectivity index (χ1n) is 5.83. The smallest absolute Gasteiger partial charge is 0.241 e. The Balaban J connectivity index is 2.97. The molecule has 5 nitrogen and oxygen atoms in total. The summed E-state index contributed by atoms with van der Waals surface area (Å²) in [6.07, 6.45) is 0.972. The molecular weight excluding hydrogens is 252 g/mol. The van der Waals surface area contributed by atoms with Crippen molar-refractivity contribution in [1.29, 1.82) is 0 Å². The van der Waals surface area contributed by atoms with E-state index in [-0.39, 0.29) is 11.5 Å². The van der Waals surface area contributed by atoms with Gasteiger partial charge in [0.15, 0.2) is 0 Å². The molecule has 0 aliphatic carbocycles. The third-order valence-electron chi connectivity index (χ3n) is 3.02. The fraction of sp³-hybridized carbons (Fsp3) is 0.500. The number of sulfonamides is 1. The summed E-state index contributed by atoms with van der Waals surface area (Å²) in [7, 11) is -3.59. The first-order valence-corrected chi connectivity index (χ1v) is 7.32. The van der Waals surface area contributed by atoms with Crippen molar-refractivity contribution in [2.75, 3.05) is 12.3 Å². The molecule has 102 valence electrons. The third-order valence-corrected chi connectivity index (χ3v) is 4.67. The van der Waals surface area contributed by atoms with Crippen LogP contribution in [-0.4, -0.2) is 25.7 Å². The van der Waals surface area contributed by atoms with Gasteiger partial charge in [-0.2, -0.15) is 0 Å². The Labute approximate surface area is 108 Å². The van der Waals surface area contributed by atoms with E-state index in [4.69, 9.17) is 10.8 Å². The Morgan fingerprint density at radius 1 is 1.33 bits per heavy atom. The molecular formula is C12H20N2O3S. The zero-order valence-electron chi connectivity index (χ0n) is 10.7. The van der Waals surface area contributed by atoms with Crippen molar-refractivity contribution in [2.45, 2.75) is 37.1 Å². The highest BCUT2D eigenvalue weighted by atomic mass is 32.2. The van der Waals surface area contributed by atoms with Gasteiger partial charge in [0.1, 0.15) is 0 Å². The summed E-state index contributed by atoms with van der Waals surface area (Å²) in [6.45, 7) is 3.59. The van der Waals surface area contributed by atoms with Gasteiger partial charge in [-0.1, -0.05) is 6.92 Å². The van der Waals surface area contributed by atoms with Crippen LogP contribution in [0.3, 0.4) is 0 Å². The van der Waals surface area contributed by atoms with Crippen molar-refractivity contribution in [2.24, 2.45) is 0 Å². The van der Waals surface area contributed by atoms with Gasteiger partial charge in [0.05, 0.1) is 4.90 Å². The molecule has 1 unspecified atom stereocenters. The number of aliphatic hydroxyl groups is 1. The molecule has 0 saturated carbocycles. The standard InChI is InChI=1S/C12H20N2O3S/c1-3-12(2,8-9-15)14-18(16,17)11-6-4-10(13)5-7-11/h4-7,14-15H,3,8-9,13H2,1-2H3. The second-order valence-electron chi connectivity index (χ2n) is 4.56. The maximum absolute atomic E-state index is 12.2. The van der Waals surface area contributed by atoms with Gasteiger partial charge in [0.2, 0.25) is 10.0 Å². The van der Waals surface area contributed by atoms with Gasteiger partial charge >= 0.3 is 0 Å². The molecule has 0 spiro atoms. The summed E-state index contributed by atoms with van der Waals surface area (Å²) < 4.78 is 26.9. The molecule has 1 rings (SSSR count). The van der Waals surface area contributed by atoms with E-state index >= 15 is 0 Å². The summed E-state index contributed by atoms with van der Waals surface area (Å²) in [5.41, 5.74) is 5.40.